The summed E-state index contributed by atoms with van der Waals surface area (Å²) in [5.74, 6) is 0.344. The van der Waals surface area contributed by atoms with Gasteiger partial charge in [0.25, 0.3) is 0 Å². The van der Waals surface area contributed by atoms with Crippen LogP contribution in [0.2, 0.25) is 0 Å². The summed E-state index contributed by atoms with van der Waals surface area (Å²) in [6.45, 7) is 0.227. The lowest BCUT2D eigenvalue weighted by molar-refractivity contribution is -0.117. The summed E-state index contributed by atoms with van der Waals surface area (Å²) in [5.41, 5.74) is 5.47. The number of carbonyl (C=O) groups is 2. The first-order valence-corrected chi connectivity index (χ1v) is 7.38. The molecule has 0 atom stereocenters. The predicted molar refractivity (Wildman–Crippen MR) is 76.3 cm³/mol. The first kappa shape index (κ1) is 14.4. The molecule has 0 aromatic carbocycles. The third-order valence-corrected chi connectivity index (χ3v) is 4.13. The summed E-state index contributed by atoms with van der Waals surface area (Å²) in [4.78, 5) is 26.8. The lowest BCUT2D eigenvalue weighted by Gasteiger charge is -2.04. The molecule has 0 aliphatic carbocycles. The van der Waals surface area contributed by atoms with Gasteiger partial charge >= 0.3 is 6.03 Å². The van der Waals surface area contributed by atoms with Crippen molar-refractivity contribution in [3.63, 3.8) is 0 Å². The second-order valence-electron chi connectivity index (χ2n) is 3.62. The molecule has 106 valence electrons. The van der Waals surface area contributed by atoms with Gasteiger partial charge in [0, 0.05) is 0 Å². The number of urea groups is 1. The van der Waals surface area contributed by atoms with Gasteiger partial charge in [-0.1, -0.05) is 11.3 Å². The van der Waals surface area contributed by atoms with Crippen molar-refractivity contribution in [2.24, 2.45) is 0 Å². The SMILES string of the molecule is Nc1ncc(SCC(=O)NC(=O)NCc2ccco2)s1. The molecule has 4 N–H and O–H groups in total. The number of thioether (sulfide) groups is 1. The second-order valence-corrected chi connectivity index (χ2v) is 5.95. The fourth-order valence-electron chi connectivity index (χ4n) is 1.26. The van der Waals surface area contributed by atoms with Crippen molar-refractivity contribution in [1.82, 2.24) is 15.6 Å². The first-order chi connectivity index (χ1) is 9.63. The molecular weight excluding hydrogens is 300 g/mol. The van der Waals surface area contributed by atoms with E-state index in [0.717, 1.165) is 4.21 Å². The zero-order valence-corrected chi connectivity index (χ0v) is 11.9. The molecule has 0 bridgehead atoms. The molecule has 0 aliphatic heterocycles. The van der Waals surface area contributed by atoms with Crippen molar-refractivity contribution in [2.75, 3.05) is 11.5 Å². The summed E-state index contributed by atoms with van der Waals surface area (Å²) in [5, 5.41) is 5.18. The van der Waals surface area contributed by atoms with E-state index in [4.69, 9.17) is 10.2 Å². The van der Waals surface area contributed by atoms with Gasteiger partial charge in [0.1, 0.15) is 5.76 Å². The standard InChI is InChI=1S/C11H12N4O3S2/c12-10-13-5-9(20-10)19-6-8(16)15-11(17)14-4-7-2-1-3-18-7/h1-3,5H,4,6H2,(H2,12,13)(H2,14,15,16,17). The van der Waals surface area contributed by atoms with Gasteiger partial charge in [-0.3, -0.25) is 10.1 Å². The molecule has 2 aromatic heterocycles. The molecule has 20 heavy (non-hydrogen) atoms. The van der Waals surface area contributed by atoms with Gasteiger partial charge in [-0.05, 0) is 12.1 Å². The summed E-state index contributed by atoms with van der Waals surface area (Å²) in [7, 11) is 0. The molecule has 2 aromatic rings. The Kier molecular flexibility index (Phi) is 5.02. The molecule has 3 amide bonds. The van der Waals surface area contributed by atoms with Crippen LogP contribution < -0.4 is 16.4 Å². The van der Waals surface area contributed by atoms with Crippen molar-refractivity contribution in [1.29, 1.82) is 0 Å². The number of imide groups is 1. The average molecular weight is 312 g/mol. The third kappa shape index (κ3) is 4.59. The van der Waals surface area contributed by atoms with Gasteiger partial charge in [-0.2, -0.15) is 0 Å². The number of hydrogen-bond donors (Lipinski definition) is 3. The van der Waals surface area contributed by atoms with Gasteiger partial charge in [0.2, 0.25) is 5.91 Å². The fraction of sp³-hybridized carbons (Fsp3) is 0.182. The van der Waals surface area contributed by atoms with Crippen LogP contribution >= 0.6 is 23.1 Å². The highest BCUT2D eigenvalue weighted by Gasteiger charge is 2.09. The third-order valence-electron chi connectivity index (χ3n) is 2.10. The van der Waals surface area contributed by atoms with Crippen LogP contribution in [0.4, 0.5) is 9.93 Å². The maximum absolute atomic E-state index is 11.5. The largest absolute Gasteiger partial charge is 0.467 e. The number of nitrogens with zero attached hydrogens (tertiary/aromatic N) is 1. The molecule has 0 saturated heterocycles. The summed E-state index contributed by atoms with van der Waals surface area (Å²) in [6.07, 6.45) is 3.10. The highest BCUT2D eigenvalue weighted by molar-refractivity contribution is 8.01. The van der Waals surface area contributed by atoms with E-state index in [9.17, 15) is 9.59 Å². The van der Waals surface area contributed by atoms with Crippen LogP contribution in [0.1, 0.15) is 5.76 Å². The Bertz CT molecular complexity index is 582. The van der Waals surface area contributed by atoms with E-state index in [1.165, 1.54) is 29.4 Å². The molecule has 0 unspecified atom stereocenters. The van der Waals surface area contributed by atoms with Crippen LogP contribution in [0.3, 0.4) is 0 Å². The molecule has 0 radical (unpaired) electrons. The Morgan fingerprint density at radius 2 is 2.35 bits per heavy atom. The van der Waals surface area contributed by atoms with Gasteiger partial charge in [-0.25, -0.2) is 9.78 Å². The van der Waals surface area contributed by atoms with Gasteiger partial charge < -0.3 is 15.5 Å². The molecule has 9 heteroatoms. The Balaban J connectivity index is 1.67. The van der Waals surface area contributed by atoms with Crippen LogP contribution in [0.25, 0.3) is 0 Å². The Labute approximate surface area is 122 Å². The highest BCUT2D eigenvalue weighted by atomic mass is 32.2. The van der Waals surface area contributed by atoms with E-state index in [1.54, 1.807) is 18.3 Å². The minimum Gasteiger partial charge on any atom is -0.467 e. The summed E-state index contributed by atoms with van der Waals surface area (Å²) in [6, 6.07) is 2.89. The zero-order valence-electron chi connectivity index (χ0n) is 10.3. The monoisotopic (exact) mass is 312 g/mol. The van der Waals surface area contributed by atoms with E-state index < -0.39 is 6.03 Å². The number of carbonyl (C=O) groups excluding carboxylic acids is 2. The highest BCUT2D eigenvalue weighted by Crippen LogP contribution is 2.25. The van der Waals surface area contributed by atoms with Crippen LogP contribution in [-0.4, -0.2) is 22.7 Å². The maximum Gasteiger partial charge on any atom is 0.321 e. The van der Waals surface area contributed by atoms with Crippen LogP contribution in [0.5, 0.6) is 0 Å². The van der Waals surface area contributed by atoms with E-state index in [-0.39, 0.29) is 18.2 Å². The van der Waals surface area contributed by atoms with Gasteiger partial charge in [0.05, 0.1) is 29.0 Å². The smallest absolute Gasteiger partial charge is 0.321 e. The second kappa shape index (κ2) is 6.96. The minimum atomic E-state index is -0.559. The fourth-order valence-corrected chi connectivity index (χ4v) is 2.82. The van der Waals surface area contributed by atoms with Crippen molar-refractivity contribution < 1.29 is 14.0 Å². The molecule has 0 aliphatic rings. The zero-order chi connectivity index (χ0) is 14.4. The van der Waals surface area contributed by atoms with Crippen LogP contribution in [-0.2, 0) is 11.3 Å². The van der Waals surface area contributed by atoms with Crippen molar-refractivity contribution in [2.45, 2.75) is 10.8 Å². The number of rotatable bonds is 5. The van der Waals surface area contributed by atoms with E-state index >= 15 is 0 Å². The molecule has 2 heterocycles. The number of amides is 3. The van der Waals surface area contributed by atoms with E-state index in [0.29, 0.717) is 10.9 Å². The molecular formula is C11H12N4O3S2. The lowest BCUT2D eigenvalue weighted by Crippen LogP contribution is -2.39. The van der Waals surface area contributed by atoms with Crippen LogP contribution in [0.15, 0.2) is 33.2 Å². The number of anilines is 1. The van der Waals surface area contributed by atoms with E-state index in [1.807, 2.05) is 0 Å². The average Bonchev–Trinajstić information content (AvgIpc) is 3.05. The van der Waals surface area contributed by atoms with Crippen LogP contribution in [0, 0.1) is 0 Å². The number of hydrogen-bond acceptors (Lipinski definition) is 7. The summed E-state index contributed by atoms with van der Waals surface area (Å²) >= 11 is 2.57. The Morgan fingerprint density at radius 1 is 1.50 bits per heavy atom. The quantitative estimate of drug-likeness (QED) is 0.720. The number of nitrogens with two attached hydrogens (primary N) is 1. The normalized spacial score (nSPS) is 10.2. The van der Waals surface area contributed by atoms with Gasteiger partial charge in [0.15, 0.2) is 5.13 Å². The number of nitrogens with one attached hydrogen (secondary N) is 2. The molecule has 0 saturated carbocycles. The molecule has 0 spiro atoms. The van der Waals surface area contributed by atoms with Gasteiger partial charge in [-0.15, -0.1) is 11.8 Å². The summed E-state index contributed by atoms with van der Waals surface area (Å²) < 4.78 is 5.88. The topological polar surface area (TPSA) is 110 Å². The number of aromatic nitrogens is 1. The Hall–Kier alpha value is -2.00. The lowest BCUT2D eigenvalue weighted by atomic mass is 10.4. The van der Waals surface area contributed by atoms with Crippen molar-refractivity contribution in [3.8, 4) is 0 Å². The molecule has 7 nitrogen and oxygen atoms in total. The number of nitrogen functional groups attached to an aromatic ring is 1. The van der Waals surface area contributed by atoms with Crippen molar-refractivity contribution >= 4 is 40.2 Å². The maximum atomic E-state index is 11.5. The number of thiazole rings is 1. The molecule has 0 fully saturated rings. The molecule has 2 rings (SSSR count). The number of furan rings is 1. The predicted octanol–water partition coefficient (Wildman–Crippen LogP) is 1.44. The first-order valence-electron chi connectivity index (χ1n) is 5.57. The Morgan fingerprint density at radius 3 is 3.00 bits per heavy atom. The minimum absolute atomic E-state index is 0.121. The van der Waals surface area contributed by atoms with E-state index in [2.05, 4.69) is 15.6 Å². The van der Waals surface area contributed by atoms with Crippen molar-refractivity contribution in [3.05, 3.63) is 30.4 Å².